The summed E-state index contributed by atoms with van der Waals surface area (Å²) in [5.74, 6) is 0. The molecule has 0 amide bonds. The molecule has 0 aromatic heterocycles. The molecule has 1 heteroatoms. The first-order chi connectivity index (χ1) is 15.0. The summed E-state index contributed by atoms with van der Waals surface area (Å²) in [5, 5.41) is 5.03. The quantitative estimate of drug-likeness (QED) is 0.272. The predicted octanol–water partition coefficient (Wildman–Crippen LogP) is 8.85. The van der Waals surface area contributed by atoms with Gasteiger partial charge in [-0.25, -0.2) is 0 Å². The zero-order valence-electron chi connectivity index (χ0n) is 18.5. The minimum Gasteiger partial charge on any atom is -0.142 e. The van der Waals surface area contributed by atoms with Crippen LogP contribution in [0.2, 0.25) is 0 Å². The first kappa shape index (κ1) is 19.9. The van der Waals surface area contributed by atoms with Crippen molar-refractivity contribution >= 4 is 34.2 Å². The molecule has 0 fully saturated rings. The third kappa shape index (κ3) is 3.25. The van der Waals surface area contributed by atoms with Gasteiger partial charge in [0, 0.05) is 10.5 Å². The molecular formula is C30H26S. The molecule has 0 heterocycles. The Balaban J connectivity index is 1.96. The lowest BCUT2D eigenvalue weighted by molar-refractivity contribution is 1.30. The maximum atomic E-state index is 5.20. The molecule has 0 nitrogen and oxygen atoms in total. The summed E-state index contributed by atoms with van der Waals surface area (Å²) in [6.45, 7) is 8.79. The van der Waals surface area contributed by atoms with Gasteiger partial charge in [0.1, 0.15) is 0 Å². The molecule has 0 saturated carbocycles. The van der Waals surface area contributed by atoms with Crippen molar-refractivity contribution in [1.82, 2.24) is 0 Å². The van der Waals surface area contributed by atoms with Crippen LogP contribution in [0.1, 0.15) is 22.3 Å². The Morgan fingerprint density at radius 2 is 1.10 bits per heavy atom. The number of benzene rings is 5. The molecule has 0 saturated heterocycles. The van der Waals surface area contributed by atoms with Crippen LogP contribution in [0.4, 0.5) is 0 Å². The van der Waals surface area contributed by atoms with E-state index in [1.807, 2.05) is 0 Å². The molecule has 0 radical (unpaired) electrons. The van der Waals surface area contributed by atoms with Crippen LogP contribution in [0.3, 0.4) is 0 Å². The second kappa shape index (κ2) is 7.59. The standard InChI is InChI=1S/C30H26S/c1-18-15-20(3)27(21(4)16-18)26-17-23-10-6-8-12-25(23)29(30(26)31)28-19(2)13-14-22-9-5-7-11-24(22)28/h5-17,31H,1-4H3. The molecule has 5 aromatic rings. The van der Waals surface area contributed by atoms with Gasteiger partial charge in [-0.2, -0.15) is 0 Å². The fraction of sp³-hybridized carbons (Fsp3) is 0.133. The molecule has 0 aliphatic rings. The Morgan fingerprint density at radius 3 is 1.77 bits per heavy atom. The lowest BCUT2D eigenvalue weighted by Gasteiger charge is -2.21. The molecule has 5 aromatic carbocycles. The molecular weight excluding hydrogens is 392 g/mol. The highest BCUT2D eigenvalue weighted by Gasteiger charge is 2.19. The number of thiol groups is 1. The number of rotatable bonds is 2. The van der Waals surface area contributed by atoms with E-state index < -0.39 is 0 Å². The van der Waals surface area contributed by atoms with E-state index in [0.717, 1.165) is 4.90 Å². The Bertz CT molecular complexity index is 1450. The van der Waals surface area contributed by atoms with Gasteiger partial charge in [0.05, 0.1) is 0 Å². The highest BCUT2D eigenvalue weighted by molar-refractivity contribution is 7.80. The van der Waals surface area contributed by atoms with Crippen molar-refractivity contribution in [1.29, 1.82) is 0 Å². The van der Waals surface area contributed by atoms with E-state index in [4.69, 9.17) is 12.6 Å². The zero-order valence-corrected chi connectivity index (χ0v) is 19.3. The summed E-state index contributed by atoms with van der Waals surface area (Å²) in [6.07, 6.45) is 0. The van der Waals surface area contributed by atoms with E-state index in [2.05, 4.69) is 107 Å². The Morgan fingerprint density at radius 1 is 0.516 bits per heavy atom. The molecule has 152 valence electrons. The van der Waals surface area contributed by atoms with Crippen molar-refractivity contribution < 1.29 is 0 Å². The van der Waals surface area contributed by atoms with Crippen molar-refractivity contribution in [3.63, 3.8) is 0 Å². The number of hydrogen-bond donors (Lipinski definition) is 1. The maximum Gasteiger partial charge on any atom is 0.0204 e. The van der Waals surface area contributed by atoms with Crippen LogP contribution < -0.4 is 0 Å². The first-order valence-electron chi connectivity index (χ1n) is 10.8. The third-order valence-corrected chi connectivity index (χ3v) is 6.82. The van der Waals surface area contributed by atoms with E-state index >= 15 is 0 Å². The molecule has 0 aliphatic heterocycles. The van der Waals surface area contributed by atoms with Gasteiger partial charge in [-0.15, -0.1) is 12.6 Å². The average Bonchev–Trinajstić information content (AvgIpc) is 2.74. The van der Waals surface area contributed by atoms with E-state index in [-0.39, 0.29) is 0 Å². The highest BCUT2D eigenvalue weighted by atomic mass is 32.1. The van der Waals surface area contributed by atoms with E-state index in [1.165, 1.54) is 66.1 Å². The van der Waals surface area contributed by atoms with Crippen molar-refractivity contribution in [2.75, 3.05) is 0 Å². The lowest BCUT2D eigenvalue weighted by Crippen LogP contribution is -1.96. The predicted molar refractivity (Wildman–Crippen MR) is 139 cm³/mol. The highest BCUT2D eigenvalue weighted by Crippen LogP contribution is 2.45. The van der Waals surface area contributed by atoms with Crippen LogP contribution in [0, 0.1) is 27.7 Å². The molecule has 5 rings (SSSR count). The SMILES string of the molecule is Cc1cc(C)c(-c2cc3ccccc3c(-c3c(C)ccc4ccccc34)c2S)c(C)c1. The summed E-state index contributed by atoms with van der Waals surface area (Å²) < 4.78 is 0. The smallest absolute Gasteiger partial charge is 0.0204 e. The van der Waals surface area contributed by atoms with Crippen LogP contribution in [-0.2, 0) is 0 Å². The van der Waals surface area contributed by atoms with Crippen LogP contribution in [0.15, 0.2) is 83.8 Å². The fourth-order valence-electron chi connectivity index (χ4n) is 5.10. The molecule has 0 atom stereocenters. The second-order valence-electron chi connectivity index (χ2n) is 8.62. The number of fused-ring (bicyclic) bond motifs is 2. The van der Waals surface area contributed by atoms with Crippen LogP contribution in [0.25, 0.3) is 43.8 Å². The van der Waals surface area contributed by atoms with Gasteiger partial charge in [-0.1, -0.05) is 78.4 Å². The fourth-order valence-corrected chi connectivity index (χ4v) is 5.51. The second-order valence-corrected chi connectivity index (χ2v) is 9.07. The molecule has 0 bridgehead atoms. The van der Waals surface area contributed by atoms with Crippen LogP contribution in [-0.4, -0.2) is 0 Å². The third-order valence-electron chi connectivity index (χ3n) is 6.36. The summed E-state index contributed by atoms with van der Waals surface area (Å²) in [5.41, 5.74) is 10.2. The van der Waals surface area contributed by atoms with Gasteiger partial charge < -0.3 is 0 Å². The van der Waals surface area contributed by atoms with Crippen molar-refractivity contribution in [2.24, 2.45) is 0 Å². The van der Waals surface area contributed by atoms with E-state index in [1.54, 1.807) is 0 Å². The molecule has 0 aliphatic carbocycles. The van der Waals surface area contributed by atoms with E-state index in [9.17, 15) is 0 Å². The van der Waals surface area contributed by atoms with Crippen molar-refractivity contribution in [3.8, 4) is 22.3 Å². The van der Waals surface area contributed by atoms with Crippen molar-refractivity contribution in [2.45, 2.75) is 32.6 Å². The average molecular weight is 419 g/mol. The Hall–Kier alpha value is -3.03. The summed E-state index contributed by atoms with van der Waals surface area (Å²) >= 11 is 5.20. The van der Waals surface area contributed by atoms with Gasteiger partial charge in [0.2, 0.25) is 0 Å². The van der Waals surface area contributed by atoms with Crippen molar-refractivity contribution in [3.05, 3.63) is 101 Å². The Labute approximate surface area is 190 Å². The zero-order chi connectivity index (χ0) is 21.7. The minimum absolute atomic E-state index is 1.05. The molecule has 31 heavy (non-hydrogen) atoms. The largest absolute Gasteiger partial charge is 0.142 e. The topological polar surface area (TPSA) is 0 Å². The van der Waals surface area contributed by atoms with Gasteiger partial charge in [-0.05, 0) is 88.7 Å². The first-order valence-corrected chi connectivity index (χ1v) is 11.2. The maximum absolute atomic E-state index is 5.20. The monoisotopic (exact) mass is 418 g/mol. The van der Waals surface area contributed by atoms with Crippen LogP contribution >= 0.6 is 12.6 Å². The summed E-state index contributed by atoms with van der Waals surface area (Å²) in [7, 11) is 0. The lowest BCUT2D eigenvalue weighted by atomic mass is 9.86. The summed E-state index contributed by atoms with van der Waals surface area (Å²) in [4.78, 5) is 1.05. The molecule has 0 unspecified atom stereocenters. The van der Waals surface area contributed by atoms with Gasteiger partial charge in [-0.3, -0.25) is 0 Å². The number of hydrogen-bond acceptors (Lipinski definition) is 1. The summed E-state index contributed by atoms with van der Waals surface area (Å²) in [6, 6.07) is 28.7. The van der Waals surface area contributed by atoms with Gasteiger partial charge in [0.15, 0.2) is 0 Å². The van der Waals surface area contributed by atoms with Crippen LogP contribution in [0.5, 0.6) is 0 Å². The Kier molecular flexibility index (Phi) is 4.87. The van der Waals surface area contributed by atoms with E-state index in [0.29, 0.717) is 0 Å². The number of aryl methyl sites for hydroxylation is 4. The van der Waals surface area contributed by atoms with Gasteiger partial charge >= 0.3 is 0 Å². The molecule has 0 N–H and O–H groups in total. The normalized spacial score (nSPS) is 11.4. The minimum atomic E-state index is 1.05. The van der Waals surface area contributed by atoms with Gasteiger partial charge in [0.25, 0.3) is 0 Å². The molecule has 0 spiro atoms.